The van der Waals surface area contributed by atoms with Gasteiger partial charge in [0.15, 0.2) is 0 Å². The first kappa shape index (κ1) is 15.3. The van der Waals surface area contributed by atoms with Crippen LogP contribution in [0.15, 0.2) is 42.5 Å². The topological polar surface area (TPSA) is 50.7 Å². The van der Waals surface area contributed by atoms with E-state index in [0.29, 0.717) is 19.2 Å². The van der Waals surface area contributed by atoms with Gasteiger partial charge in [0.25, 0.3) is 0 Å². The Morgan fingerprint density at radius 3 is 2.77 bits per heavy atom. The predicted octanol–water partition coefficient (Wildman–Crippen LogP) is 2.35. The molecule has 2 aromatic rings. The molecule has 118 valence electrons. The van der Waals surface area contributed by atoms with E-state index in [-0.39, 0.29) is 0 Å². The largest absolute Gasteiger partial charge is 0.490 e. The lowest BCUT2D eigenvalue weighted by Crippen LogP contribution is -2.40. The summed E-state index contributed by atoms with van der Waals surface area (Å²) in [6.45, 7) is 2.46. The molecule has 2 N–H and O–H groups in total. The van der Waals surface area contributed by atoms with E-state index in [1.165, 1.54) is 0 Å². The molecule has 1 aliphatic rings. The molecule has 0 aliphatic carbocycles. The van der Waals surface area contributed by atoms with Gasteiger partial charge in [-0.1, -0.05) is 36.4 Å². The summed E-state index contributed by atoms with van der Waals surface area (Å²) in [4.78, 5) is 0. The molecular weight excluding hydrogens is 278 g/mol. The summed E-state index contributed by atoms with van der Waals surface area (Å²) >= 11 is 0. The third-order valence-electron chi connectivity index (χ3n) is 4.04. The van der Waals surface area contributed by atoms with Crippen LogP contribution in [-0.4, -0.2) is 43.6 Å². The fourth-order valence-corrected chi connectivity index (χ4v) is 2.77. The van der Waals surface area contributed by atoms with E-state index in [1.54, 1.807) is 0 Å². The molecule has 0 amide bonds. The van der Waals surface area contributed by atoms with Crippen molar-refractivity contribution >= 4 is 10.8 Å². The van der Waals surface area contributed by atoms with Crippen molar-refractivity contribution in [2.45, 2.75) is 25.0 Å². The zero-order chi connectivity index (χ0) is 15.2. The summed E-state index contributed by atoms with van der Waals surface area (Å²) in [6, 6.07) is 14.5. The highest BCUT2D eigenvalue weighted by atomic mass is 16.5. The molecule has 1 atom stereocenters. The van der Waals surface area contributed by atoms with Crippen molar-refractivity contribution in [1.29, 1.82) is 0 Å². The number of nitrogens with one attached hydrogen (secondary N) is 1. The van der Waals surface area contributed by atoms with Gasteiger partial charge in [-0.25, -0.2) is 0 Å². The minimum atomic E-state index is -0.512. The Kier molecular flexibility index (Phi) is 5.27. The van der Waals surface area contributed by atoms with Gasteiger partial charge < -0.3 is 19.9 Å². The van der Waals surface area contributed by atoms with Crippen LogP contribution in [0.1, 0.15) is 12.8 Å². The molecule has 0 unspecified atom stereocenters. The Labute approximate surface area is 131 Å². The number of fused-ring (bicyclic) bond motifs is 1. The highest BCUT2D eigenvalue weighted by Gasteiger charge is 2.15. The normalized spacial score (nSPS) is 17.5. The summed E-state index contributed by atoms with van der Waals surface area (Å²) < 4.78 is 11.1. The fourth-order valence-electron chi connectivity index (χ4n) is 2.77. The van der Waals surface area contributed by atoms with E-state index in [9.17, 15) is 5.11 Å². The maximum atomic E-state index is 10.1. The van der Waals surface area contributed by atoms with Gasteiger partial charge in [0.2, 0.25) is 0 Å². The highest BCUT2D eigenvalue weighted by Crippen LogP contribution is 2.25. The number of hydrogen-bond donors (Lipinski definition) is 2. The van der Waals surface area contributed by atoms with E-state index in [2.05, 4.69) is 17.4 Å². The molecule has 0 saturated carbocycles. The molecule has 1 fully saturated rings. The number of rotatable bonds is 6. The molecule has 1 heterocycles. The number of ether oxygens (including phenoxy) is 2. The second-order valence-corrected chi connectivity index (χ2v) is 5.74. The van der Waals surface area contributed by atoms with E-state index < -0.39 is 6.10 Å². The first-order chi connectivity index (χ1) is 10.8. The van der Waals surface area contributed by atoms with E-state index >= 15 is 0 Å². The van der Waals surface area contributed by atoms with Crippen LogP contribution < -0.4 is 10.1 Å². The Bertz CT molecular complexity index is 590. The van der Waals surface area contributed by atoms with Gasteiger partial charge in [0.05, 0.1) is 0 Å². The molecule has 2 aromatic carbocycles. The lowest BCUT2D eigenvalue weighted by atomic mass is 10.1. The molecule has 4 nitrogen and oxygen atoms in total. The van der Waals surface area contributed by atoms with Gasteiger partial charge in [-0.3, -0.25) is 0 Å². The summed E-state index contributed by atoms with van der Waals surface area (Å²) in [6.07, 6.45) is 1.51. The van der Waals surface area contributed by atoms with Gasteiger partial charge in [-0.05, 0) is 24.3 Å². The molecule has 22 heavy (non-hydrogen) atoms. The Morgan fingerprint density at radius 1 is 1.14 bits per heavy atom. The van der Waals surface area contributed by atoms with Crippen LogP contribution in [0.3, 0.4) is 0 Å². The number of aliphatic hydroxyl groups is 1. The Balaban J connectivity index is 1.50. The van der Waals surface area contributed by atoms with Gasteiger partial charge >= 0.3 is 0 Å². The van der Waals surface area contributed by atoms with Gasteiger partial charge in [0.1, 0.15) is 18.5 Å². The van der Waals surface area contributed by atoms with E-state index in [4.69, 9.17) is 9.47 Å². The lowest BCUT2D eigenvalue weighted by Gasteiger charge is -2.24. The third kappa shape index (κ3) is 3.97. The summed E-state index contributed by atoms with van der Waals surface area (Å²) in [5, 5.41) is 15.7. The van der Waals surface area contributed by atoms with Crippen molar-refractivity contribution in [2.24, 2.45) is 0 Å². The lowest BCUT2D eigenvalue weighted by molar-refractivity contribution is 0.0656. The van der Waals surface area contributed by atoms with Crippen LogP contribution in [0.5, 0.6) is 5.75 Å². The second kappa shape index (κ2) is 7.58. The molecule has 0 spiro atoms. The summed E-state index contributed by atoms with van der Waals surface area (Å²) in [5.41, 5.74) is 0. The fraction of sp³-hybridized carbons (Fsp3) is 0.444. The molecule has 4 heteroatoms. The number of aliphatic hydroxyl groups excluding tert-OH is 1. The maximum absolute atomic E-state index is 10.1. The number of benzene rings is 2. The third-order valence-corrected chi connectivity index (χ3v) is 4.04. The SMILES string of the molecule is O[C@@H](CNC1CCOCC1)COc1cccc2ccccc12. The van der Waals surface area contributed by atoms with Crippen LogP contribution in [0.4, 0.5) is 0 Å². The first-order valence-corrected chi connectivity index (χ1v) is 7.92. The molecule has 1 aliphatic heterocycles. The van der Waals surface area contributed by atoms with Gasteiger partial charge in [0, 0.05) is 31.2 Å². The predicted molar refractivity (Wildman–Crippen MR) is 87.3 cm³/mol. The van der Waals surface area contributed by atoms with Crippen LogP contribution >= 0.6 is 0 Å². The minimum absolute atomic E-state index is 0.296. The van der Waals surface area contributed by atoms with Crippen molar-refractivity contribution in [1.82, 2.24) is 5.32 Å². The molecule has 0 radical (unpaired) electrons. The quantitative estimate of drug-likeness (QED) is 0.860. The average molecular weight is 301 g/mol. The van der Waals surface area contributed by atoms with E-state index in [1.807, 2.05) is 30.3 Å². The number of hydrogen-bond acceptors (Lipinski definition) is 4. The molecule has 1 saturated heterocycles. The van der Waals surface area contributed by atoms with Crippen molar-refractivity contribution < 1.29 is 14.6 Å². The standard InChI is InChI=1S/C18H23NO3/c20-16(12-19-15-8-10-21-11-9-15)13-22-18-7-3-5-14-4-1-2-6-17(14)18/h1-7,15-16,19-20H,8-13H2/t16-/m0/s1. The van der Waals surface area contributed by atoms with Crippen molar-refractivity contribution in [3.8, 4) is 5.75 Å². The van der Waals surface area contributed by atoms with Crippen LogP contribution in [-0.2, 0) is 4.74 Å². The van der Waals surface area contributed by atoms with Gasteiger partial charge in [-0.15, -0.1) is 0 Å². The van der Waals surface area contributed by atoms with Crippen LogP contribution in [0.25, 0.3) is 10.8 Å². The van der Waals surface area contributed by atoms with Gasteiger partial charge in [-0.2, -0.15) is 0 Å². The van der Waals surface area contributed by atoms with Crippen molar-refractivity contribution in [2.75, 3.05) is 26.4 Å². The molecule has 0 aromatic heterocycles. The molecular formula is C18H23NO3. The average Bonchev–Trinajstić information content (AvgIpc) is 2.59. The van der Waals surface area contributed by atoms with Crippen molar-refractivity contribution in [3.63, 3.8) is 0 Å². The molecule has 0 bridgehead atoms. The minimum Gasteiger partial charge on any atom is -0.490 e. The zero-order valence-corrected chi connectivity index (χ0v) is 12.7. The second-order valence-electron chi connectivity index (χ2n) is 5.74. The maximum Gasteiger partial charge on any atom is 0.127 e. The van der Waals surface area contributed by atoms with Crippen LogP contribution in [0.2, 0.25) is 0 Å². The first-order valence-electron chi connectivity index (χ1n) is 7.92. The van der Waals surface area contributed by atoms with E-state index in [0.717, 1.165) is 42.6 Å². The Hall–Kier alpha value is -1.62. The Morgan fingerprint density at radius 2 is 1.91 bits per heavy atom. The molecule has 3 rings (SSSR count). The van der Waals surface area contributed by atoms with Crippen LogP contribution in [0, 0.1) is 0 Å². The summed E-state index contributed by atoms with van der Waals surface area (Å²) in [5.74, 6) is 0.822. The zero-order valence-electron chi connectivity index (χ0n) is 12.7. The smallest absolute Gasteiger partial charge is 0.127 e. The highest BCUT2D eigenvalue weighted by molar-refractivity contribution is 5.88. The summed E-state index contributed by atoms with van der Waals surface area (Å²) in [7, 11) is 0. The van der Waals surface area contributed by atoms with Crippen molar-refractivity contribution in [3.05, 3.63) is 42.5 Å². The monoisotopic (exact) mass is 301 g/mol.